The third-order valence-corrected chi connectivity index (χ3v) is 3.14. The van der Waals surface area contributed by atoms with Gasteiger partial charge in [-0.15, -0.1) is 0 Å². The second-order valence-corrected chi connectivity index (χ2v) is 4.48. The summed E-state index contributed by atoms with van der Waals surface area (Å²) in [6, 6.07) is 3.74. The molecule has 0 radical (unpaired) electrons. The lowest BCUT2D eigenvalue weighted by Gasteiger charge is -2.16. The Balaban J connectivity index is 2.62. The van der Waals surface area contributed by atoms with E-state index >= 15 is 0 Å². The summed E-state index contributed by atoms with van der Waals surface area (Å²) in [6.07, 6.45) is 4.32. The SMILES string of the molecule is C=CCOc1cccn2c(N(C)C(C)=O)c(CC)nc12. The van der Waals surface area contributed by atoms with Gasteiger partial charge >= 0.3 is 0 Å². The number of ether oxygens (including phenoxy) is 1. The molecule has 0 N–H and O–H groups in total. The van der Waals surface area contributed by atoms with E-state index in [1.165, 1.54) is 6.92 Å². The second-order valence-electron chi connectivity index (χ2n) is 4.48. The Morgan fingerprint density at radius 3 is 2.95 bits per heavy atom. The summed E-state index contributed by atoms with van der Waals surface area (Å²) in [6.45, 7) is 7.62. The maximum absolute atomic E-state index is 11.7. The van der Waals surface area contributed by atoms with Gasteiger partial charge in [-0.3, -0.25) is 14.1 Å². The molecule has 2 aromatic rings. The monoisotopic (exact) mass is 273 g/mol. The topological polar surface area (TPSA) is 46.8 Å². The van der Waals surface area contributed by atoms with Crippen LogP contribution < -0.4 is 9.64 Å². The van der Waals surface area contributed by atoms with E-state index in [9.17, 15) is 4.79 Å². The van der Waals surface area contributed by atoms with Gasteiger partial charge in [0.1, 0.15) is 12.4 Å². The van der Waals surface area contributed by atoms with Crippen LogP contribution in [-0.2, 0) is 11.2 Å². The maximum Gasteiger partial charge on any atom is 0.224 e. The highest BCUT2D eigenvalue weighted by Gasteiger charge is 2.19. The van der Waals surface area contributed by atoms with Crippen LogP contribution in [0, 0.1) is 0 Å². The van der Waals surface area contributed by atoms with Gasteiger partial charge in [-0.25, -0.2) is 4.98 Å². The van der Waals surface area contributed by atoms with Crippen molar-refractivity contribution in [3.63, 3.8) is 0 Å². The number of imidazole rings is 1. The predicted molar refractivity (Wildman–Crippen MR) is 79.3 cm³/mol. The van der Waals surface area contributed by atoms with Crippen LogP contribution in [0.25, 0.3) is 5.65 Å². The van der Waals surface area contributed by atoms with Crippen LogP contribution in [0.5, 0.6) is 5.75 Å². The van der Waals surface area contributed by atoms with Gasteiger partial charge in [-0.1, -0.05) is 19.6 Å². The Labute approximate surface area is 118 Å². The van der Waals surface area contributed by atoms with Crippen LogP contribution in [0.15, 0.2) is 31.0 Å². The minimum Gasteiger partial charge on any atom is -0.486 e. The van der Waals surface area contributed by atoms with E-state index in [1.807, 2.05) is 29.7 Å². The fraction of sp³-hybridized carbons (Fsp3) is 0.333. The molecule has 0 aromatic carbocycles. The third kappa shape index (κ3) is 2.39. The third-order valence-electron chi connectivity index (χ3n) is 3.14. The molecule has 0 aliphatic rings. The van der Waals surface area contributed by atoms with Crippen molar-refractivity contribution in [3.8, 4) is 5.75 Å². The lowest BCUT2D eigenvalue weighted by atomic mass is 10.3. The van der Waals surface area contributed by atoms with Crippen LogP contribution in [0.4, 0.5) is 5.82 Å². The van der Waals surface area contributed by atoms with Gasteiger partial charge in [0.05, 0.1) is 5.69 Å². The number of anilines is 1. The molecule has 20 heavy (non-hydrogen) atoms. The fourth-order valence-corrected chi connectivity index (χ4v) is 2.08. The molecule has 2 aromatic heterocycles. The predicted octanol–water partition coefficient (Wildman–Crippen LogP) is 2.44. The van der Waals surface area contributed by atoms with Gasteiger partial charge in [0.15, 0.2) is 11.4 Å². The van der Waals surface area contributed by atoms with Gasteiger partial charge in [-0.05, 0) is 18.6 Å². The molecule has 2 heterocycles. The average Bonchev–Trinajstić information content (AvgIpc) is 2.82. The molecule has 0 aliphatic heterocycles. The number of pyridine rings is 1. The molecule has 5 heteroatoms. The molecule has 0 spiro atoms. The maximum atomic E-state index is 11.7. The average molecular weight is 273 g/mol. The molecule has 106 valence electrons. The van der Waals surface area contributed by atoms with E-state index in [4.69, 9.17) is 4.74 Å². The molecule has 0 fully saturated rings. The first kappa shape index (κ1) is 14.1. The first-order valence-corrected chi connectivity index (χ1v) is 6.58. The summed E-state index contributed by atoms with van der Waals surface area (Å²) >= 11 is 0. The van der Waals surface area contributed by atoms with Crippen LogP contribution in [-0.4, -0.2) is 28.9 Å². The smallest absolute Gasteiger partial charge is 0.224 e. The number of amides is 1. The van der Waals surface area contributed by atoms with E-state index < -0.39 is 0 Å². The van der Waals surface area contributed by atoms with Gasteiger partial charge in [0.2, 0.25) is 5.91 Å². The molecule has 2 rings (SSSR count). The number of carbonyl (C=O) groups is 1. The number of hydrogen-bond acceptors (Lipinski definition) is 3. The Kier molecular flexibility index (Phi) is 4.08. The fourth-order valence-electron chi connectivity index (χ4n) is 2.08. The van der Waals surface area contributed by atoms with Crippen LogP contribution in [0.3, 0.4) is 0 Å². The number of aromatic nitrogens is 2. The van der Waals surface area contributed by atoms with Gasteiger partial charge in [-0.2, -0.15) is 0 Å². The number of carbonyl (C=O) groups excluding carboxylic acids is 1. The second kappa shape index (κ2) is 5.77. The Morgan fingerprint density at radius 1 is 1.60 bits per heavy atom. The quantitative estimate of drug-likeness (QED) is 0.786. The minimum absolute atomic E-state index is 0.0288. The van der Waals surface area contributed by atoms with Gasteiger partial charge < -0.3 is 4.74 Å². The number of nitrogens with zero attached hydrogens (tertiary/aromatic N) is 3. The zero-order valence-corrected chi connectivity index (χ0v) is 12.1. The van der Waals surface area contributed by atoms with Crippen molar-refractivity contribution in [1.82, 2.24) is 9.38 Å². The van der Waals surface area contributed by atoms with E-state index in [0.717, 1.165) is 17.9 Å². The normalized spacial score (nSPS) is 10.6. The zero-order chi connectivity index (χ0) is 14.7. The number of rotatable bonds is 5. The molecule has 5 nitrogen and oxygen atoms in total. The number of hydrogen-bond donors (Lipinski definition) is 0. The summed E-state index contributed by atoms with van der Waals surface area (Å²) in [5.41, 5.74) is 1.59. The summed E-state index contributed by atoms with van der Waals surface area (Å²) < 4.78 is 7.50. The molecule has 1 amide bonds. The summed E-state index contributed by atoms with van der Waals surface area (Å²) in [7, 11) is 1.75. The van der Waals surface area contributed by atoms with Crippen molar-refractivity contribution < 1.29 is 9.53 Å². The van der Waals surface area contributed by atoms with Gasteiger partial charge in [0.25, 0.3) is 0 Å². The van der Waals surface area contributed by atoms with Crippen molar-refractivity contribution in [3.05, 3.63) is 36.7 Å². The largest absolute Gasteiger partial charge is 0.486 e. The molecular weight excluding hydrogens is 254 g/mol. The molecule has 0 saturated heterocycles. The number of aryl methyl sites for hydroxylation is 1. The molecular formula is C15H19N3O2. The summed E-state index contributed by atoms with van der Waals surface area (Å²) in [5, 5.41) is 0. The molecule has 0 saturated carbocycles. The molecule has 0 atom stereocenters. The van der Waals surface area contributed by atoms with Gasteiger partial charge in [0, 0.05) is 20.2 Å². The van der Waals surface area contributed by atoms with Crippen molar-refractivity contribution in [1.29, 1.82) is 0 Å². The first-order chi connectivity index (χ1) is 9.60. The molecule has 0 aliphatic carbocycles. The summed E-state index contributed by atoms with van der Waals surface area (Å²) in [5.74, 6) is 1.45. The number of fused-ring (bicyclic) bond motifs is 1. The summed E-state index contributed by atoms with van der Waals surface area (Å²) in [4.78, 5) is 17.9. The van der Waals surface area contributed by atoms with Crippen molar-refractivity contribution in [2.75, 3.05) is 18.6 Å². The lowest BCUT2D eigenvalue weighted by molar-refractivity contribution is -0.116. The van der Waals surface area contributed by atoms with Crippen LogP contribution >= 0.6 is 0 Å². The van der Waals surface area contributed by atoms with E-state index in [0.29, 0.717) is 18.0 Å². The zero-order valence-electron chi connectivity index (χ0n) is 12.1. The van der Waals surface area contributed by atoms with Crippen molar-refractivity contribution in [2.24, 2.45) is 0 Å². The van der Waals surface area contributed by atoms with E-state index in [2.05, 4.69) is 11.6 Å². The highest BCUT2D eigenvalue weighted by Crippen LogP contribution is 2.27. The first-order valence-electron chi connectivity index (χ1n) is 6.58. The Bertz CT molecular complexity index is 646. The van der Waals surface area contributed by atoms with E-state index in [1.54, 1.807) is 18.0 Å². The van der Waals surface area contributed by atoms with E-state index in [-0.39, 0.29) is 5.91 Å². The highest BCUT2D eigenvalue weighted by molar-refractivity contribution is 5.91. The Hall–Kier alpha value is -2.30. The molecule has 0 unspecified atom stereocenters. The lowest BCUT2D eigenvalue weighted by Crippen LogP contribution is -2.25. The Morgan fingerprint density at radius 2 is 2.35 bits per heavy atom. The minimum atomic E-state index is -0.0288. The van der Waals surface area contributed by atoms with Crippen molar-refractivity contribution in [2.45, 2.75) is 20.3 Å². The standard InChI is InChI=1S/C15H19N3O2/c1-5-10-20-13-8-7-9-18-14(13)16-12(6-2)15(18)17(4)11(3)19/h5,7-9H,1,6,10H2,2-4H3. The molecule has 0 bridgehead atoms. The highest BCUT2D eigenvalue weighted by atomic mass is 16.5. The van der Waals surface area contributed by atoms with Crippen LogP contribution in [0.2, 0.25) is 0 Å². The van der Waals surface area contributed by atoms with Crippen LogP contribution in [0.1, 0.15) is 19.5 Å². The van der Waals surface area contributed by atoms with Crippen molar-refractivity contribution >= 4 is 17.4 Å².